The van der Waals surface area contributed by atoms with E-state index in [2.05, 4.69) is 13.0 Å². The van der Waals surface area contributed by atoms with Crippen LogP contribution >= 0.6 is 0 Å². The van der Waals surface area contributed by atoms with Gasteiger partial charge in [0.1, 0.15) is 5.76 Å². The van der Waals surface area contributed by atoms with Crippen molar-refractivity contribution in [3.8, 4) is 0 Å². The zero-order valence-corrected chi connectivity index (χ0v) is 7.77. The number of ether oxygens (including phenoxy) is 1. The molecule has 4 rings (SSSR count). The van der Waals surface area contributed by atoms with Gasteiger partial charge >= 0.3 is 0 Å². The smallest absolute Gasteiger partial charge is 0.112 e. The minimum absolute atomic E-state index is 0.421. The van der Waals surface area contributed by atoms with Crippen LogP contribution < -0.4 is 0 Å². The van der Waals surface area contributed by atoms with Gasteiger partial charge in [-0.2, -0.15) is 0 Å². The first-order valence-electron chi connectivity index (χ1n) is 5.05. The van der Waals surface area contributed by atoms with Gasteiger partial charge in [0, 0.05) is 0 Å². The molecule has 2 heteroatoms. The molecule has 2 bridgehead atoms. The lowest BCUT2D eigenvalue weighted by atomic mass is 9.71. The monoisotopic (exact) mass is 178 g/mol. The second-order valence-corrected chi connectivity index (χ2v) is 4.23. The Balaban J connectivity index is 1.87. The molecule has 1 aliphatic carbocycles. The first-order valence-corrected chi connectivity index (χ1v) is 5.05. The van der Waals surface area contributed by atoms with Gasteiger partial charge < -0.3 is 9.15 Å². The Morgan fingerprint density at radius 2 is 2.31 bits per heavy atom. The quantitative estimate of drug-likeness (QED) is 0.659. The molecule has 0 radical (unpaired) electrons. The summed E-state index contributed by atoms with van der Waals surface area (Å²) < 4.78 is 11.2. The Labute approximate surface area is 77.9 Å². The Morgan fingerprint density at radius 1 is 1.38 bits per heavy atom. The summed E-state index contributed by atoms with van der Waals surface area (Å²) >= 11 is 0. The predicted octanol–water partition coefficient (Wildman–Crippen LogP) is 2.56. The van der Waals surface area contributed by atoms with Crippen LogP contribution in [0.3, 0.4) is 0 Å². The van der Waals surface area contributed by atoms with Crippen LogP contribution in [0.1, 0.15) is 31.4 Å². The molecule has 2 aliphatic heterocycles. The van der Waals surface area contributed by atoms with Crippen molar-refractivity contribution in [1.82, 2.24) is 0 Å². The summed E-state index contributed by atoms with van der Waals surface area (Å²) in [6.45, 7) is 2.27. The van der Waals surface area contributed by atoms with Gasteiger partial charge in [-0.05, 0) is 30.9 Å². The van der Waals surface area contributed by atoms with Crippen LogP contribution in [0.15, 0.2) is 22.8 Å². The molecule has 0 aromatic carbocycles. The van der Waals surface area contributed by atoms with E-state index in [1.54, 1.807) is 6.26 Å². The second-order valence-electron chi connectivity index (χ2n) is 4.23. The summed E-state index contributed by atoms with van der Waals surface area (Å²) in [5.41, 5.74) is 0. The number of furan rings is 1. The van der Waals surface area contributed by atoms with Gasteiger partial charge in [0.05, 0.1) is 24.4 Å². The normalized spacial score (nSPS) is 42.8. The molecule has 2 saturated heterocycles. The summed E-state index contributed by atoms with van der Waals surface area (Å²) in [5.74, 6) is 2.35. The number of hydrogen-bond donors (Lipinski definition) is 0. The van der Waals surface area contributed by atoms with Crippen molar-refractivity contribution in [2.24, 2.45) is 5.92 Å². The van der Waals surface area contributed by atoms with E-state index in [1.165, 1.54) is 12.8 Å². The van der Waals surface area contributed by atoms with E-state index in [-0.39, 0.29) is 0 Å². The molecule has 1 aromatic heterocycles. The lowest BCUT2D eigenvalue weighted by Gasteiger charge is -2.51. The highest BCUT2D eigenvalue weighted by molar-refractivity contribution is 5.16. The zero-order valence-electron chi connectivity index (χ0n) is 7.77. The fourth-order valence-corrected chi connectivity index (χ4v) is 2.65. The molecule has 4 atom stereocenters. The van der Waals surface area contributed by atoms with Crippen LogP contribution in [0, 0.1) is 5.92 Å². The molecule has 4 unspecified atom stereocenters. The fraction of sp³-hybridized carbons (Fsp3) is 0.636. The summed E-state index contributed by atoms with van der Waals surface area (Å²) in [6, 6.07) is 4.04. The van der Waals surface area contributed by atoms with Crippen molar-refractivity contribution in [3.63, 3.8) is 0 Å². The molecular weight excluding hydrogens is 164 g/mol. The second kappa shape index (κ2) is 2.61. The maximum atomic E-state index is 5.76. The molecule has 0 N–H and O–H groups in total. The van der Waals surface area contributed by atoms with E-state index in [0.717, 1.165) is 5.76 Å². The van der Waals surface area contributed by atoms with Gasteiger partial charge in [-0.3, -0.25) is 0 Å². The van der Waals surface area contributed by atoms with Crippen LogP contribution in [0.5, 0.6) is 0 Å². The SMILES string of the molecule is CC1CCC2OC1C2c1ccco1. The standard InChI is InChI=1S/C11H14O2/c1-7-4-5-9-10(11(7)13-9)8-3-2-6-12-8/h2-3,6-7,9-11H,4-5H2,1H3. The molecule has 3 fully saturated rings. The van der Waals surface area contributed by atoms with E-state index in [4.69, 9.17) is 9.15 Å². The van der Waals surface area contributed by atoms with Crippen LogP contribution in [-0.4, -0.2) is 12.2 Å². The molecule has 70 valence electrons. The van der Waals surface area contributed by atoms with E-state index >= 15 is 0 Å². The van der Waals surface area contributed by atoms with Gasteiger partial charge in [0.15, 0.2) is 0 Å². The molecule has 3 heterocycles. The highest BCUT2D eigenvalue weighted by atomic mass is 16.5. The van der Waals surface area contributed by atoms with Crippen molar-refractivity contribution in [3.05, 3.63) is 24.2 Å². The van der Waals surface area contributed by atoms with Crippen molar-refractivity contribution in [2.75, 3.05) is 0 Å². The Bertz CT molecular complexity index is 289. The van der Waals surface area contributed by atoms with E-state index in [9.17, 15) is 0 Å². The van der Waals surface area contributed by atoms with Gasteiger partial charge in [-0.25, -0.2) is 0 Å². The first-order chi connectivity index (χ1) is 6.36. The minimum Gasteiger partial charge on any atom is -0.469 e. The summed E-state index contributed by atoms with van der Waals surface area (Å²) in [5, 5.41) is 0. The predicted molar refractivity (Wildman–Crippen MR) is 48.5 cm³/mol. The molecule has 0 spiro atoms. The van der Waals surface area contributed by atoms with Crippen molar-refractivity contribution in [1.29, 1.82) is 0 Å². The van der Waals surface area contributed by atoms with Gasteiger partial charge in [-0.1, -0.05) is 6.92 Å². The van der Waals surface area contributed by atoms with Crippen molar-refractivity contribution in [2.45, 2.75) is 37.9 Å². The van der Waals surface area contributed by atoms with E-state index in [0.29, 0.717) is 24.0 Å². The number of hydrogen-bond acceptors (Lipinski definition) is 2. The molecular formula is C11H14O2. The summed E-state index contributed by atoms with van der Waals surface area (Å²) in [7, 11) is 0. The van der Waals surface area contributed by atoms with Crippen LogP contribution in [0.25, 0.3) is 0 Å². The van der Waals surface area contributed by atoms with Gasteiger partial charge in [0.2, 0.25) is 0 Å². The van der Waals surface area contributed by atoms with E-state index in [1.807, 2.05) is 6.07 Å². The third-order valence-electron chi connectivity index (χ3n) is 3.43. The Hall–Kier alpha value is -0.760. The highest BCUT2D eigenvalue weighted by Gasteiger charge is 2.50. The average molecular weight is 178 g/mol. The molecule has 3 aliphatic rings. The van der Waals surface area contributed by atoms with Crippen LogP contribution in [0.2, 0.25) is 0 Å². The molecule has 1 saturated carbocycles. The summed E-state index contributed by atoms with van der Waals surface area (Å²) in [6.07, 6.45) is 5.13. The molecule has 1 aromatic rings. The zero-order chi connectivity index (χ0) is 8.84. The Morgan fingerprint density at radius 3 is 2.92 bits per heavy atom. The lowest BCUT2D eigenvalue weighted by Crippen LogP contribution is -2.54. The summed E-state index contributed by atoms with van der Waals surface area (Å²) in [4.78, 5) is 0. The fourth-order valence-electron chi connectivity index (χ4n) is 2.65. The lowest BCUT2D eigenvalue weighted by molar-refractivity contribution is -0.207. The molecule has 2 nitrogen and oxygen atoms in total. The number of fused-ring (bicyclic) bond motifs is 2. The first kappa shape index (κ1) is 7.63. The van der Waals surface area contributed by atoms with Crippen LogP contribution in [0.4, 0.5) is 0 Å². The minimum atomic E-state index is 0.421. The van der Waals surface area contributed by atoms with E-state index < -0.39 is 0 Å². The number of rotatable bonds is 1. The average Bonchev–Trinajstić information content (AvgIpc) is 2.56. The Kier molecular flexibility index (Phi) is 1.53. The van der Waals surface area contributed by atoms with Crippen molar-refractivity contribution >= 4 is 0 Å². The maximum absolute atomic E-state index is 5.76. The van der Waals surface area contributed by atoms with Gasteiger partial charge in [0.25, 0.3) is 0 Å². The topological polar surface area (TPSA) is 22.4 Å². The molecule has 13 heavy (non-hydrogen) atoms. The third-order valence-corrected chi connectivity index (χ3v) is 3.43. The van der Waals surface area contributed by atoms with Gasteiger partial charge in [-0.15, -0.1) is 0 Å². The largest absolute Gasteiger partial charge is 0.469 e. The third kappa shape index (κ3) is 0.983. The van der Waals surface area contributed by atoms with Crippen molar-refractivity contribution < 1.29 is 9.15 Å². The molecule has 0 amide bonds. The van der Waals surface area contributed by atoms with Crippen LogP contribution in [-0.2, 0) is 4.74 Å². The maximum Gasteiger partial charge on any atom is 0.112 e. The highest BCUT2D eigenvalue weighted by Crippen LogP contribution is 2.49.